The van der Waals surface area contributed by atoms with Crippen molar-refractivity contribution in [3.05, 3.63) is 59.5 Å². The number of aliphatic hydroxyl groups is 1. The zero-order valence-electron chi connectivity index (χ0n) is 17.5. The molecule has 1 fully saturated rings. The van der Waals surface area contributed by atoms with E-state index in [1.807, 2.05) is 0 Å². The van der Waals surface area contributed by atoms with Crippen LogP contribution in [0.2, 0.25) is 0 Å². The fourth-order valence-corrected chi connectivity index (χ4v) is 3.67. The second kappa shape index (κ2) is 12.2. The molecule has 1 aromatic rings. The van der Waals surface area contributed by atoms with Crippen molar-refractivity contribution in [3.63, 3.8) is 0 Å². The lowest BCUT2D eigenvalue weighted by molar-refractivity contribution is -0.149. The molecule has 1 aromatic carbocycles. The van der Waals surface area contributed by atoms with Gasteiger partial charge in [0.15, 0.2) is 6.61 Å². The van der Waals surface area contributed by atoms with Crippen LogP contribution in [0.25, 0.3) is 0 Å². The Bertz CT molecular complexity index is 827. The summed E-state index contributed by atoms with van der Waals surface area (Å²) in [6.45, 7) is -0.860. The predicted octanol–water partition coefficient (Wildman–Crippen LogP) is 4.16. The summed E-state index contributed by atoms with van der Waals surface area (Å²) in [4.78, 5) is 32.7. The van der Waals surface area contributed by atoms with E-state index in [2.05, 4.69) is 5.18 Å². The molecule has 1 aliphatic carbocycles. The zero-order valence-corrected chi connectivity index (χ0v) is 17.5. The standard InChI is InChI=1S/C23H27F2NO6/c24-23(25,15-32-16-8-4-3-5-9-16)13-12-17-18(21(28)14-19(17)26-31)10-6-1-2-7-11-20(27)22(29)30/h1,3-6,8-9,12-13,17-19,21,28H,2,7,10-11,14-15H2,(H,29,30)/b6-1-,13-12+/t17-,18-,19-,21+/m1/s1. The number of carboxylic acid groups (broad SMARTS) is 1. The molecule has 0 bridgehead atoms. The van der Waals surface area contributed by atoms with E-state index >= 15 is 0 Å². The third-order valence-corrected chi connectivity index (χ3v) is 5.38. The van der Waals surface area contributed by atoms with Crippen LogP contribution >= 0.6 is 0 Å². The largest absolute Gasteiger partial charge is 0.487 e. The molecule has 2 N–H and O–H groups in total. The molecule has 0 saturated heterocycles. The maximum atomic E-state index is 14.3. The molecule has 0 aliphatic heterocycles. The van der Waals surface area contributed by atoms with Crippen LogP contribution in [-0.4, -0.2) is 46.6 Å². The minimum Gasteiger partial charge on any atom is -0.487 e. The average Bonchev–Trinajstić information content (AvgIpc) is 3.08. The summed E-state index contributed by atoms with van der Waals surface area (Å²) in [7, 11) is 0. The highest BCUT2D eigenvalue weighted by atomic mass is 19.3. The Morgan fingerprint density at radius 2 is 1.94 bits per heavy atom. The molecule has 0 spiro atoms. The van der Waals surface area contributed by atoms with E-state index in [1.165, 1.54) is 6.08 Å². The lowest BCUT2D eigenvalue weighted by Crippen LogP contribution is -2.25. The van der Waals surface area contributed by atoms with Gasteiger partial charge in [0.1, 0.15) is 11.8 Å². The Labute approximate surface area is 184 Å². The summed E-state index contributed by atoms with van der Waals surface area (Å²) < 4.78 is 33.6. The van der Waals surface area contributed by atoms with Gasteiger partial charge in [0.25, 0.3) is 5.92 Å². The van der Waals surface area contributed by atoms with Crippen molar-refractivity contribution in [1.29, 1.82) is 0 Å². The van der Waals surface area contributed by atoms with Crippen LogP contribution in [0.1, 0.15) is 32.1 Å². The number of ketones is 1. The Kier molecular flexibility index (Phi) is 9.64. The lowest BCUT2D eigenvalue weighted by Gasteiger charge is -2.20. The normalized spacial score (nSPS) is 23.6. The monoisotopic (exact) mass is 451 g/mol. The van der Waals surface area contributed by atoms with Crippen LogP contribution in [-0.2, 0) is 9.59 Å². The number of unbranched alkanes of at least 4 members (excludes halogenated alkanes) is 1. The molecule has 0 radical (unpaired) electrons. The number of rotatable bonds is 13. The molecule has 2 rings (SSSR count). The number of aliphatic hydroxyl groups excluding tert-OH is 1. The summed E-state index contributed by atoms with van der Waals surface area (Å²) in [5.41, 5.74) is 0. The van der Waals surface area contributed by atoms with E-state index in [1.54, 1.807) is 42.5 Å². The molecule has 1 saturated carbocycles. The Morgan fingerprint density at radius 1 is 1.22 bits per heavy atom. The Balaban J connectivity index is 1.92. The van der Waals surface area contributed by atoms with Gasteiger partial charge in [0, 0.05) is 12.3 Å². The second-order valence-electron chi connectivity index (χ2n) is 7.77. The molecular formula is C23H27F2NO6. The SMILES string of the molecule is O=N[C@@H]1C[C@H](O)[C@H](C/C=C\CCCC(=O)C(=O)O)[C@H]1/C=C/C(F)(F)COc1ccccc1. The number of aliphatic carboxylic acids is 1. The van der Waals surface area contributed by atoms with E-state index < -0.39 is 48.3 Å². The summed E-state index contributed by atoms with van der Waals surface area (Å²) in [5, 5.41) is 21.8. The number of benzene rings is 1. The predicted molar refractivity (Wildman–Crippen MR) is 113 cm³/mol. The van der Waals surface area contributed by atoms with Crippen molar-refractivity contribution in [2.45, 2.75) is 50.2 Å². The third kappa shape index (κ3) is 7.96. The molecule has 0 unspecified atom stereocenters. The van der Waals surface area contributed by atoms with Gasteiger partial charge in [0.2, 0.25) is 5.78 Å². The van der Waals surface area contributed by atoms with Crippen molar-refractivity contribution in [2.75, 3.05) is 6.61 Å². The van der Waals surface area contributed by atoms with Crippen molar-refractivity contribution in [1.82, 2.24) is 0 Å². The van der Waals surface area contributed by atoms with Crippen LogP contribution in [0.5, 0.6) is 5.75 Å². The maximum Gasteiger partial charge on any atom is 0.372 e. The first kappa shape index (κ1) is 25.3. The van der Waals surface area contributed by atoms with Crippen LogP contribution in [0, 0.1) is 16.7 Å². The number of ether oxygens (including phenoxy) is 1. The van der Waals surface area contributed by atoms with Gasteiger partial charge in [-0.05, 0) is 49.8 Å². The van der Waals surface area contributed by atoms with Gasteiger partial charge >= 0.3 is 5.97 Å². The van der Waals surface area contributed by atoms with Crippen LogP contribution in [0.15, 0.2) is 59.8 Å². The van der Waals surface area contributed by atoms with E-state index in [-0.39, 0.29) is 12.8 Å². The van der Waals surface area contributed by atoms with Crippen molar-refractivity contribution in [3.8, 4) is 5.75 Å². The molecule has 32 heavy (non-hydrogen) atoms. The average molecular weight is 451 g/mol. The lowest BCUT2D eigenvalue weighted by atomic mass is 9.89. The second-order valence-corrected chi connectivity index (χ2v) is 7.77. The highest BCUT2D eigenvalue weighted by Crippen LogP contribution is 2.38. The van der Waals surface area contributed by atoms with Gasteiger partial charge in [-0.15, -0.1) is 0 Å². The molecule has 0 heterocycles. The van der Waals surface area contributed by atoms with Gasteiger partial charge in [-0.2, -0.15) is 13.7 Å². The number of alkyl halides is 2. The zero-order chi connectivity index (χ0) is 23.6. The molecular weight excluding hydrogens is 424 g/mol. The van der Waals surface area contributed by atoms with Gasteiger partial charge in [-0.1, -0.05) is 41.6 Å². The molecule has 7 nitrogen and oxygen atoms in total. The number of carbonyl (C=O) groups is 2. The van der Waals surface area contributed by atoms with Crippen molar-refractivity contribution < 1.29 is 33.3 Å². The number of allylic oxidation sites excluding steroid dienone is 2. The number of carboxylic acids is 1. The summed E-state index contributed by atoms with van der Waals surface area (Å²) in [5.74, 6) is -6.38. The highest BCUT2D eigenvalue weighted by molar-refractivity contribution is 6.32. The fraction of sp³-hybridized carbons (Fsp3) is 0.478. The topological polar surface area (TPSA) is 113 Å². The van der Waals surface area contributed by atoms with Crippen molar-refractivity contribution >= 4 is 11.8 Å². The Hall–Kier alpha value is -2.94. The van der Waals surface area contributed by atoms with Crippen LogP contribution in [0.3, 0.4) is 0 Å². The molecule has 9 heteroatoms. The van der Waals surface area contributed by atoms with E-state index in [4.69, 9.17) is 9.84 Å². The van der Waals surface area contributed by atoms with Gasteiger partial charge in [-0.25, -0.2) is 4.79 Å². The number of nitrogens with zero attached hydrogens (tertiary/aromatic N) is 1. The first-order valence-electron chi connectivity index (χ1n) is 10.4. The van der Waals surface area contributed by atoms with E-state index in [0.29, 0.717) is 31.1 Å². The minimum atomic E-state index is -3.27. The molecule has 0 aromatic heterocycles. The number of halogens is 2. The highest BCUT2D eigenvalue weighted by Gasteiger charge is 2.42. The number of para-hydroxylation sites is 1. The molecule has 0 amide bonds. The summed E-state index contributed by atoms with van der Waals surface area (Å²) in [6, 6.07) is 7.42. The summed E-state index contributed by atoms with van der Waals surface area (Å²) >= 11 is 0. The van der Waals surface area contributed by atoms with Gasteiger partial charge in [-0.3, -0.25) is 4.79 Å². The van der Waals surface area contributed by atoms with E-state index in [0.717, 1.165) is 0 Å². The maximum absolute atomic E-state index is 14.3. The number of nitroso groups, excluding NO2 is 1. The molecule has 1 aliphatic rings. The molecule has 4 atom stereocenters. The first-order chi connectivity index (χ1) is 15.2. The van der Waals surface area contributed by atoms with Gasteiger partial charge in [0.05, 0.1) is 6.10 Å². The summed E-state index contributed by atoms with van der Waals surface area (Å²) in [6.07, 6.45) is 5.74. The van der Waals surface area contributed by atoms with Crippen LogP contribution in [0.4, 0.5) is 8.78 Å². The van der Waals surface area contributed by atoms with Gasteiger partial charge < -0.3 is 14.9 Å². The fourth-order valence-electron chi connectivity index (χ4n) is 3.67. The molecule has 174 valence electrons. The number of hydrogen-bond donors (Lipinski definition) is 2. The quantitative estimate of drug-likeness (QED) is 0.202. The minimum absolute atomic E-state index is 0.0750. The smallest absolute Gasteiger partial charge is 0.372 e. The number of Topliss-reactive ketones (excluding diaryl/α,β-unsaturated/α-hetero) is 1. The van der Waals surface area contributed by atoms with Crippen molar-refractivity contribution in [2.24, 2.45) is 17.0 Å². The third-order valence-electron chi connectivity index (χ3n) is 5.38. The van der Waals surface area contributed by atoms with E-state index in [9.17, 15) is 28.4 Å². The number of hydrogen-bond acceptors (Lipinski definition) is 6. The van der Waals surface area contributed by atoms with Crippen LogP contribution < -0.4 is 4.74 Å². The Morgan fingerprint density at radius 3 is 2.59 bits per heavy atom. The first-order valence-corrected chi connectivity index (χ1v) is 10.4. The number of carbonyl (C=O) groups excluding carboxylic acids is 1.